The van der Waals surface area contributed by atoms with Crippen LogP contribution in [0.15, 0.2) is 29.5 Å². The largest absolute Gasteiger partial charge is 0.493 e. The van der Waals surface area contributed by atoms with Crippen LogP contribution in [0.4, 0.5) is 4.79 Å². The van der Waals surface area contributed by atoms with Crippen molar-refractivity contribution in [2.24, 2.45) is 0 Å². The zero-order valence-electron chi connectivity index (χ0n) is 16.9. The standard InChI is InChI=1S/C20H27N3O5S/c1-4-28-19(24)17-14(12-23-7-9-29-10-8-23)21-20(25)22-18(17)13-5-6-15(26-2)16(11-13)27-3/h5-6,11,18H,4,7-10,12H2,1-3H3,(H2,21,22,25)/t18-/m1/s1. The number of hydrogen-bond donors (Lipinski definition) is 2. The minimum absolute atomic E-state index is 0.253. The summed E-state index contributed by atoms with van der Waals surface area (Å²) < 4.78 is 16.0. The average Bonchev–Trinajstić information content (AvgIpc) is 2.73. The maximum Gasteiger partial charge on any atom is 0.338 e. The first-order valence-corrected chi connectivity index (χ1v) is 10.7. The molecule has 2 N–H and O–H groups in total. The zero-order valence-corrected chi connectivity index (χ0v) is 17.8. The smallest absolute Gasteiger partial charge is 0.338 e. The number of benzene rings is 1. The van der Waals surface area contributed by atoms with E-state index in [-0.39, 0.29) is 12.6 Å². The van der Waals surface area contributed by atoms with Gasteiger partial charge in [0.2, 0.25) is 0 Å². The van der Waals surface area contributed by atoms with E-state index >= 15 is 0 Å². The van der Waals surface area contributed by atoms with Crippen molar-refractivity contribution in [2.45, 2.75) is 13.0 Å². The third-order valence-electron chi connectivity index (χ3n) is 4.88. The van der Waals surface area contributed by atoms with Gasteiger partial charge in [-0.2, -0.15) is 11.8 Å². The second-order valence-electron chi connectivity index (χ2n) is 6.65. The van der Waals surface area contributed by atoms with Crippen molar-refractivity contribution < 1.29 is 23.8 Å². The molecular weight excluding hydrogens is 394 g/mol. The summed E-state index contributed by atoms with van der Waals surface area (Å²) in [4.78, 5) is 27.5. The summed E-state index contributed by atoms with van der Waals surface area (Å²) in [5.74, 6) is 2.72. The van der Waals surface area contributed by atoms with Gasteiger partial charge in [-0.25, -0.2) is 9.59 Å². The summed E-state index contributed by atoms with van der Waals surface area (Å²) in [5, 5.41) is 5.68. The van der Waals surface area contributed by atoms with E-state index in [2.05, 4.69) is 15.5 Å². The summed E-state index contributed by atoms with van der Waals surface area (Å²) in [5.41, 5.74) is 1.71. The van der Waals surface area contributed by atoms with E-state index in [1.807, 2.05) is 17.8 Å². The number of hydrogen-bond acceptors (Lipinski definition) is 7. The fourth-order valence-corrected chi connectivity index (χ4v) is 4.44. The first kappa shape index (κ1) is 21.3. The lowest BCUT2D eigenvalue weighted by Gasteiger charge is -2.33. The maximum absolute atomic E-state index is 12.9. The molecule has 2 heterocycles. The summed E-state index contributed by atoms with van der Waals surface area (Å²) in [6.45, 7) is 4.33. The molecule has 0 spiro atoms. The molecule has 3 rings (SSSR count). The van der Waals surface area contributed by atoms with Crippen molar-refractivity contribution >= 4 is 23.8 Å². The van der Waals surface area contributed by atoms with E-state index in [0.717, 1.165) is 24.6 Å². The van der Waals surface area contributed by atoms with Gasteiger partial charge in [0, 0.05) is 36.8 Å². The highest BCUT2D eigenvalue weighted by Gasteiger charge is 2.35. The van der Waals surface area contributed by atoms with Gasteiger partial charge in [-0.05, 0) is 24.6 Å². The first-order chi connectivity index (χ1) is 14.1. The Balaban J connectivity index is 2.01. The Morgan fingerprint density at radius 2 is 1.93 bits per heavy atom. The van der Waals surface area contributed by atoms with Gasteiger partial charge in [-0.3, -0.25) is 4.90 Å². The van der Waals surface area contributed by atoms with Crippen molar-refractivity contribution in [3.8, 4) is 11.5 Å². The second-order valence-corrected chi connectivity index (χ2v) is 7.87. The number of ether oxygens (including phenoxy) is 3. The average molecular weight is 422 g/mol. The van der Waals surface area contributed by atoms with Crippen LogP contribution in [-0.2, 0) is 9.53 Å². The number of amides is 2. The first-order valence-electron chi connectivity index (χ1n) is 9.57. The van der Waals surface area contributed by atoms with E-state index in [4.69, 9.17) is 14.2 Å². The molecule has 1 saturated heterocycles. The number of esters is 1. The number of methoxy groups -OCH3 is 2. The quantitative estimate of drug-likeness (QED) is 0.650. The molecule has 0 unspecified atom stereocenters. The molecule has 0 aromatic heterocycles. The lowest BCUT2D eigenvalue weighted by Crippen LogP contribution is -2.49. The lowest BCUT2D eigenvalue weighted by atomic mass is 9.94. The van der Waals surface area contributed by atoms with Crippen LogP contribution in [0.1, 0.15) is 18.5 Å². The fourth-order valence-electron chi connectivity index (χ4n) is 3.46. The van der Waals surface area contributed by atoms with Crippen molar-refractivity contribution in [3.05, 3.63) is 35.0 Å². The number of carbonyl (C=O) groups is 2. The molecule has 2 amide bonds. The second kappa shape index (κ2) is 9.89. The Bertz CT molecular complexity index is 792. The van der Waals surface area contributed by atoms with E-state index in [0.29, 0.717) is 34.9 Å². The van der Waals surface area contributed by atoms with Crippen LogP contribution in [-0.4, -0.2) is 68.9 Å². The molecule has 0 radical (unpaired) electrons. The highest BCUT2D eigenvalue weighted by molar-refractivity contribution is 7.99. The zero-order chi connectivity index (χ0) is 20.8. The summed E-state index contributed by atoms with van der Waals surface area (Å²) in [7, 11) is 3.10. The minimum atomic E-state index is -0.642. The Hall–Kier alpha value is -2.39. The van der Waals surface area contributed by atoms with Crippen LogP contribution in [0.3, 0.4) is 0 Å². The molecule has 158 valence electrons. The monoisotopic (exact) mass is 421 g/mol. The number of rotatable bonds is 7. The molecule has 1 fully saturated rings. The summed E-state index contributed by atoms with van der Waals surface area (Å²) >= 11 is 1.91. The van der Waals surface area contributed by atoms with Gasteiger partial charge in [0.25, 0.3) is 0 Å². The van der Waals surface area contributed by atoms with Crippen LogP contribution in [0, 0.1) is 0 Å². The van der Waals surface area contributed by atoms with Gasteiger partial charge in [0.15, 0.2) is 11.5 Å². The maximum atomic E-state index is 12.9. The molecule has 1 aromatic rings. The molecule has 0 saturated carbocycles. The fraction of sp³-hybridized carbons (Fsp3) is 0.500. The topological polar surface area (TPSA) is 89.1 Å². The van der Waals surface area contributed by atoms with Crippen LogP contribution >= 0.6 is 11.8 Å². The van der Waals surface area contributed by atoms with Gasteiger partial charge in [-0.15, -0.1) is 0 Å². The van der Waals surface area contributed by atoms with Crippen molar-refractivity contribution in [1.29, 1.82) is 0 Å². The van der Waals surface area contributed by atoms with E-state index in [1.165, 1.54) is 0 Å². The van der Waals surface area contributed by atoms with E-state index in [1.54, 1.807) is 33.3 Å². The third-order valence-corrected chi connectivity index (χ3v) is 5.82. The third kappa shape index (κ3) is 4.97. The molecule has 2 aliphatic rings. The minimum Gasteiger partial charge on any atom is -0.493 e. The van der Waals surface area contributed by atoms with Gasteiger partial charge in [0.05, 0.1) is 32.4 Å². The Morgan fingerprint density at radius 1 is 1.21 bits per heavy atom. The van der Waals surface area contributed by atoms with Gasteiger partial charge in [0.1, 0.15) is 0 Å². The molecular formula is C20H27N3O5S. The Kier molecular flexibility index (Phi) is 7.27. The molecule has 29 heavy (non-hydrogen) atoms. The number of nitrogens with zero attached hydrogens (tertiary/aromatic N) is 1. The van der Waals surface area contributed by atoms with Crippen molar-refractivity contribution in [3.63, 3.8) is 0 Å². The number of carbonyl (C=O) groups excluding carboxylic acids is 2. The molecule has 2 aliphatic heterocycles. The molecule has 0 aliphatic carbocycles. The van der Waals surface area contributed by atoms with Gasteiger partial charge in [-0.1, -0.05) is 6.07 Å². The Labute approximate surface area is 174 Å². The van der Waals surface area contributed by atoms with Gasteiger partial charge < -0.3 is 24.8 Å². The van der Waals surface area contributed by atoms with Crippen LogP contribution in [0.25, 0.3) is 0 Å². The SMILES string of the molecule is CCOC(=O)C1=C(CN2CCSCC2)NC(=O)N[C@@H]1c1ccc(OC)c(OC)c1. The molecule has 8 nitrogen and oxygen atoms in total. The Morgan fingerprint density at radius 3 is 2.59 bits per heavy atom. The van der Waals surface area contributed by atoms with Crippen molar-refractivity contribution in [2.75, 3.05) is 52.0 Å². The lowest BCUT2D eigenvalue weighted by molar-refractivity contribution is -0.139. The van der Waals surface area contributed by atoms with Crippen LogP contribution < -0.4 is 20.1 Å². The number of urea groups is 1. The van der Waals surface area contributed by atoms with Crippen LogP contribution in [0.5, 0.6) is 11.5 Å². The predicted octanol–water partition coefficient (Wildman–Crippen LogP) is 1.92. The molecule has 1 atom stereocenters. The summed E-state index contributed by atoms with van der Waals surface area (Å²) in [6.07, 6.45) is 0. The van der Waals surface area contributed by atoms with Gasteiger partial charge >= 0.3 is 12.0 Å². The van der Waals surface area contributed by atoms with Crippen LogP contribution in [0.2, 0.25) is 0 Å². The highest BCUT2D eigenvalue weighted by Crippen LogP contribution is 2.34. The normalized spacial score (nSPS) is 20.0. The van der Waals surface area contributed by atoms with E-state index in [9.17, 15) is 9.59 Å². The highest BCUT2D eigenvalue weighted by atomic mass is 32.2. The summed E-state index contributed by atoms with van der Waals surface area (Å²) in [6, 6.07) is 4.35. The number of thioether (sulfide) groups is 1. The molecule has 1 aromatic carbocycles. The van der Waals surface area contributed by atoms with E-state index < -0.39 is 12.0 Å². The number of nitrogens with one attached hydrogen (secondary N) is 2. The van der Waals surface area contributed by atoms with Crippen molar-refractivity contribution in [1.82, 2.24) is 15.5 Å². The molecule has 0 bridgehead atoms. The molecule has 9 heteroatoms. The predicted molar refractivity (Wildman–Crippen MR) is 111 cm³/mol.